The van der Waals surface area contributed by atoms with Crippen molar-refractivity contribution in [2.45, 2.75) is 6.54 Å². The summed E-state index contributed by atoms with van der Waals surface area (Å²) in [6.45, 7) is 0.639. The Morgan fingerprint density at radius 3 is 2.76 bits per heavy atom. The lowest BCUT2D eigenvalue weighted by atomic mass is 10.2. The van der Waals surface area contributed by atoms with E-state index in [4.69, 9.17) is 16.3 Å². The molecule has 4 heteroatoms. The molecule has 1 aromatic carbocycles. The molecule has 1 heterocycles. The molecule has 17 heavy (non-hydrogen) atoms. The van der Waals surface area contributed by atoms with E-state index in [0.717, 1.165) is 16.4 Å². The van der Waals surface area contributed by atoms with Gasteiger partial charge in [0.25, 0.3) is 0 Å². The largest absolute Gasteiger partial charge is 0.481 e. The van der Waals surface area contributed by atoms with E-state index in [0.29, 0.717) is 12.4 Å². The van der Waals surface area contributed by atoms with Crippen LogP contribution in [0.4, 0.5) is 5.82 Å². The minimum Gasteiger partial charge on any atom is -0.481 e. The van der Waals surface area contributed by atoms with Crippen LogP contribution in [-0.2, 0) is 6.54 Å². The molecule has 0 aliphatic rings. The Bertz CT molecular complexity index is 502. The minimum atomic E-state index is 0.592. The number of nitrogens with one attached hydrogen (secondary N) is 1. The topological polar surface area (TPSA) is 34.1 Å². The number of nitrogens with zero attached hydrogens (tertiary/aromatic N) is 1. The summed E-state index contributed by atoms with van der Waals surface area (Å²) in [4.78, 5) is 4.26. The van der Waals surface area contributed by atoms with E-state index >= 15 is 0 Å². The van der Waals surface area contributed by atoms with Gasteiger partial charge < -0.3 is 10.1 Å². The van der Waals surface area contributed by atoms with Crippen molar-refractivity contribution < 1.29 is 4.74 Å². The maximum Gasteiger partial charge on any atom is 0.214 e. The van der Waals surface area contributed by atoms with Crippen LogP contribution in [0.1, 0.15) is 5.56 Å². The fraction of sp³-hybridized carbons (Fsp3) is 0.154. The molecule has 1 aromatic heterocycles. The molecule has 0 aliphatic heterocycles. The van der Waals surface area contributed by atoms with Gasteiger partial charge in [-0.05, 0) is 17.7 Å². The van der Waals surface area contributed by atoms with Crippen LogP contribution in [0.25, 0.3) is 0 Å². The molecule has 0 saturated heterocycles. The lowest BCUT2D eigenvalue weighted by Crippen LogP contribution is -2.02. The number of halogens is 1. The van der Waals surface area contributed by atoms with Gasteiger partial charge in [0.05, 0.1) is 7.11 Å². The van der Waals surface area contributed by atoms with Crippen molar-refractivity contribution in [1.82, 2.24) is 4.98 Å². The van der Waals surface area contributed by atoms with Gasteiger partial charge >= 0.3 is 0 Å². The zero-order valence-electron chi connectivity index (χ0n) is 9.48. The van der Waals surface area contributed by atoms with Crippen molar-refractivity contribution in [1.29, 1.82) is 0 Å². The summed E-state index contributed by atoms with van der Waals surface area (Å²) in [6, 6.07) is 13.3. The van der Waals surface area contributed by atoms with Gasteiger partial charge in [0.15, 0.2) is 0 Å². The fourth-order valence-corrected chi connectivity index (χ4v) is 1.66. The summed E-state index contributed by atoms with van der Waals surface area (Å²) in [7, 11) is 1.60. The van der Waals surface area contributed by atoms with Gasteiger partial charge in [-0.25, -0.2) is 0 Å². The van der Waals surface area contributed by atoms with Gasteiger partial charge in [0.1, 0.15) is 5.82 Å². The van der Waals surface area contributed by atoms with E-state index in [-0.39, 0.29) is 0 Å². The van der Waals surface area contributed by atoms with Crippen LogP contribution in [-0.4, -0.2) is 12.1 Å². The maximum atomic E-state index is 6.06. The Labute approximate surface area is 105 Å². The average Bonchev–Trinajstić information content (AvgIpc) is 2.38. The zero-order chi connectivity index (χ0) is 12.1. The third-order valence-corrected chi connectivity index (χ3v) is 2.72. The second-order valence-electron chi connectivity index (χ2n) is 3.51. The molecule has 0 unspecified atom stereocenters. The van der Waals surface area contributed by atoms with Crippen molar-refractivity contribution >= 4 is 17.4 Å². The molecule has 3 nitrogen and oxygen atoms in total. The summed E-state index contributed by atoms with van der Waals surface area (Å²) in [6.07, 6.45) is 0. The lowest BCUT2D eigenvalue weighted by Gasteiger charge is -2.08. The summed E-state index contributed by atoms with van der Waals surface area (Å²) in [5.74, 6) is 1.36. The number of aromatic nitrogens is 1. The smallest absolute Gasteiger partial charge is 0.214 e. The molecular weight excluding hydrogens is 236 g/mol. The zero-order valence-corrected chi connectivity index (χ0v) is 10.2. The van der Waals surface area contributed by atoms with Crippen molar-refractivity contribution in [2.75, 3.05) is 12.4 Å². The predicted molar refractivity (Wildman–Crippen MR) is 69.6 cm³/mol. The second kappa shape index (κ2) is 5.55. The monoisotopic (exact) mass is 248 g/mol. The molecule has 0 bridgehead atoms. The highest BCUT2D eigenvalue weighted by Crippen LogP contribution is 2.17. The van der Waals surface area contributed by atoms with Gasteiger partial charge in [-0.3, -0.25) is 0 Å². The SMILES string of the molecule is COc1cccc(NCc2ccccc2Cl)n1. The number of ether oxygens (including phenoxy) is 1. The summed E-state index contributed by atoms with van der Waals surface area (Å²) >= 11 is 6.06. The first-order chi connectivity index (χ1) is 8.29. The van der Waals surface area contributed by atoms with Crippen LogP contribution >= 0.6 is 11.6 Å². The van der Waals surface area contributed by atoms with Crippen LogP contribution in [0.2, 0.25) is 5.02 Å². The van der Waals surface area contributed by atoms with Crippen LogP contribution in [0.5, 0.6) is 5.88 Å². The number of pyridine rings is 1. The average molecular weight is 249 g/mol. The van der Waals surface area contributed by atoms with E-state index < -0.39 is 0 Å². The van der Waals surface area contributed by atoms with Crippen molar-refractivity contribution in [3.63, 3.8) is 0 Å². The summed E-state index contributed by atoms with van der Waals surface area (Å²) in [5.41, 5.74) is 1.04. The molecule has 0 fully saturated rings. The normalized spacial score (nSPS) is 10.0. The number of benzene rings is 1. The number of methoxy groups -OCH3 is 1. The number of hydrogen-bond acceptors (Lipinski definition) is 3. The molecule has 0 aliphatic carbocycles. The molecule has 0 atom stereocenters. The van der Waals surface area contributed by atoms with E-state index in [1.165, 1.54) is 0 Å². The first-order valence-electron chi connectivity index (χ1n) is 5.28. The highest BCUT2D eigenvalue weighted by atomic mass is 35.5. The highest BCUT2D eigenvalue weighted by molar-refractivity contribution is 6.31. The van der Waals surface area contributed by atoms with Crippen LogP contribution in [0, 0.1) is 0 Å². The molecule has 0 amide bonds. The van der Waals surface area contributed by atoms with Gasteiger partial charge in [-0.15, -0.1) is 0 Å². The summed E-state index contributed by atoms with van der Waals surface area (Å²) < 4.78 is 5.05. The minimum absolute atomic E-state index is 0.592. The molecule has 88 valence electrons. The van der Waals surface area contributed by atoms with Gasteiger partial charge in [-0.1, -0.05) is 35.9 Å². The van der Waals surface area contributed by atoms with Crippen LogP contribution < -0.4 is 10.1 Å². The van der Waals surface area contributed by atoms with E-state index in [1.54, 1.807) is 13.2 Å². The summed E-state index contributed by atoms with van der Waals surface area (Å²) in [5, 5.41) is 3.95. The highest BCUT2D eigenvalue weighted by Gasteiger charge is 2.00. The molecular formula is C13H13ClN2O. The molecule has 0 radical (unpaired) electrons. The molecule has 0 spiro atoms. The van der Waals surface area contributed by atoms with Gasteiger partial charge in [-0.2, -0.15) is 4.98 Å². The van der Waals surface area contributed by atoms with Crippen molar-refractivity contribution in [2.24, 2.45) is 0 Å². The van der Waals surface area contributed by atoms with Crippen LogP contribution in [0.3, 0.4) is 0 Å². The Morgan fingerprint density at radius 2 is 2.00 bits per heavy atom. The second-order valence-corrected chi connectivity index (χ2v) is 3.92. The van der Waals surface area contributed by atoms with E-state index in [2.05, 4.69) is 10.3 Å². The van der Waals surface area contributed by atoms with Crippen molar-refractivity contribution in [3.8, 4) is 5.88 Å². The third kappa shape index (κ3) is 3.11. The Kier molecular flexibility index (Phi) is 3.83. The standard InChI is InChI=1S/C13H13ClN2O/c1-17-13-8-4-7-12(16-13)15-9-10-5-2-3-6-11(10)14/h2-8H,9H2,1H3,(H,15,16). The quantitative estimate of drug-likeness (QED) is 0.901. The molecule has 1 N–H and O–H groups in total. The first kappa shape index (κ1) is 11.7. The maximum absolute atomic E-state index is 6.06. The Balaban J connectivity index is 2.05. The molecule has 2 aromatic rings. The van der Waals surface area contributed by atoms with Crippen molar-refractivity contribution in [3.05, 3.63) is 53.1 Å². The Morgan fingerprint density at radius 1 is 1.18 bits per heavy atom. The number of hydrogen-bond donors (Lipinski definition) is 1. The van der Waals surface area contributed by atoms with Gasteiger partial charge in [0.2, 0.25) is 5.88 Å². The molecule has 2 rings (SSSR count). The lowest BCUT2D eigenvalue weighted by molar-refractivity contribution is 0.398. The van der Waals surface area contributed by atoms with E-state index in [1.807, 2.05) is 36.4 Å². The first-order valence-corrected chi connectivity index (χ1v) is 5.66. The molecule has 0 saturated carbocycles. The number of anilines is 1. The predicted octanol–water partition coefficient (Wildman–Crippen LogP) is 3.36. The third-order valence-electron chi connectivity index (χ3n) is 2.35. The van der Waals surface area contributed by atoms with Crippen LogP contribution in [0.15, 0.2) is 42.5 Å². The van der Waals surface area contributed by atoms with E-state index in [9.17, 15) is 0 Å². The van der Waals surface area contributed by atoms with Gasteiger partial charge in [0, 0.05) is 17.6 Å². The Hall–Kier alpha value is -1.74. The fourth-order valence-electron chi connectivity index (χ4n) is 1.45. The number of rotatable bonds is 4.